The van der Waals surface area contributed by atoms with Crippen molar-refractivity contribution < 1.29 is 9.18 Å². The number of aromatic nitrogens is 4. The first kappa shape index (κ1) is 24.6. The first-order valence-corrected chi connectivity index (χ1v) is 12.8. The van der Waals surface area contributed by atoms with E-state index in [1.54, 1.807) is 25.1 Å². The van der Waals surface area contributed by atoms with E-state index in [1.165, 1.54) is 17.8 Å². The largest absolute Gasteiger partial charge is 0.369 e. The number of imidazole rings is 1. The molecule has 0 aliphatic carbocycles. The lowest BCUT2D eigenvalue weighted by Crippen LogP contribution is -2.44. The first-order valence-electron chi connectivity index (χ1n) is 12.8. The Labute approximate surface area is 225 Å². The number of aryl methyl sites for hydroxylation is 1. The van der Waals surface area contributed by atoms with E-state index < -0.39 is 11.8 Å². The smallest absolute Gasteiger partial charge is 0.323 e. The number of fused-ring (bicyclic) bond motifs is 1. The Hall–Kier alpha value is -4.70. The van der Waals surface area contributed by atoms with Gasteiger partial charge >= 0.3 is 6.03 Å². The normalized spacial score (nSPS) is 14.1. The summed E-state index contributed by atoms with van der Waals surface area (Å²) in [6.07, 6.45) is 0. The van der Waals surface area contributed by atoms with E-state index in [4.69, 9.17) is 4.98 Å². The van der Waals surface area contributed by atoms with Crippen molar-refractivity contribution in [3.8, 4) is 22.8 Å². The molecule has 198 valence electrons. The second-order valence-electron chi connectivity index (χ2n) is 9.86. The van der Waals surface area contributed by atoms with Crippen LogP contribution in [0, 0.1) is 12.7 Å². The van der Waals surface area contributed by atoms with Gasteiger partial charge < -0.3 is 25.4 Å². The van der Waals surface area contributed by atoms with Crippen LogP contribution >= 0.6 is 0 Å². The number of nitrogens with zero attached hydrogens (tertiary/aromatic N) is 4. The minimum Gasteiger partial charge on any atom is -0.369 e. The monoisotopic (exact) mass is 524 g/mol. The zero-order valence-electron chi connectivity index (χ0n) is 21.8. The van der Waals surface area contributed by atoms with Crippen molar-refractivity contribution in [3.63, 3.8) is 0 Å². The van der Waals surface area contributed by atoms with E-state index in [9.17, 15) is 9.18 Å². The molecule has 9 nitrogen and oxygen atoms in total. The van der Waals surface area contributed by atoms with E-state index in [0.717, 1.165) is 65.6 Å². The molecular weight excluding hydrogens is 495 g/mol. The number of nitrogens with one attached hydrogen (secondary N) is 4. The van der Waals surface area contributed by atoms with E-state index >= 15 is 0 Å². The molecule has 3 heterocycles. The maximum absolute atomic E-state index is 13.5. The molecule has 0 spiro atoms. The van der Waals surface area contributed by atoms with Crippen LogP contribution < -0.4 is 15.5 Å². The summed E-state index contributed by atoms with van der Waals surface area (Å²) in [4.78, 5) is 25.3. The zero-order valence-corrected chi connectivity index (χ0v) is 21.8. The van der Waals surface area contributed by atoms with E-state index in [2.05, 4.69) is 60.9 Å². The molecular formula is C29H29FN8O. The number of hydrogen-bond donors (Lipinski definition) is 4. The number of benzene rings is 3. The molecule has 39 heavy (non-hydrogen) atoms. The molecule has 0 atom stereocenters. The molecule has 1 aliphatic rings. The van der Waals surface area contributed by atoms with Crippen molar-refractivity contribution in [2.24, 2.45) is 0 Å². The Balaban J connectivity index is 1.13. The topological polar surface area (TPSA) is 105 Å². The highest BCUT2D eigenvalue weighted by atomic mass is 19.1. The Morgan fingerprint density at radius 3 is 2.54 bits per heavy atom. The fourth-order valence-electron chi connectivity index (χ4n) is 4.72. The molecule has 1 aliphatic heterocycles. The van der Waals surface area contributed by atoms with Gasteiger partial charge in [0.2, 0.25) is 0 Å². The van der Waals surface area contributed by atoms with Crippen LogP contribution in [-0.4, -0.2) is 64.3 Å². The van der Waals surface area contributed by atoms with Crippen molar-refractivity contribution >= 4 is 34.1 Å². The van der Waals surface area contributed by atoms with Crippen molar-refractivity contribution in [1.29, 1.82) is 0 Å². The summed E-state index contributed by atoms with van der Waals surface area (Å²) in [5.41, 5.74) is 7.33. The van der Waals surface area contributed by atoms with Crippen LogP contribution in [-0.2, 0) is 0 Å². The van der Waals surface area contributed by atoms with Crippen molar-refractivity contribution in [3.05, 3.63) is 78.1 Å². The number of halogens is 1. The van der Waals surface area contributed by atoms with Crippen LogP contribution in [0.3, 0.4) is 0 Å². The molecule has 2 aromatic heterocycles. The van der Waals surface area contributed by atoms with Gasteiger partial charge in [0.05, 0.1) is 16.7 Å². The van der Waals surface area contributed by atoms with E-state index in [-0.39, 0.29) is 0 Å². The summed E-state index contributed by atoms with van der Waals surface area (Å²) in [5.74, 6) is 0.318. The molecule has 10 heteroatoms. The Morgan fingerprint density at radius 2 is 1.74 bits per heavy atom. The summed E-state index contributed by atoms with van der Waals surface area (Å²) in [7, 11) is 2.15. The van der Waals surface area contributed by atoms with Gasteiger partial charge in [-0.15, -0.1) is 0 Å². The SMILES string of the molecule is Cc1ccc(F)cc1NC(=O)Nc1ccc(-c2cc(-c3nc4ccc(N5CCN(C)CC5)cc4[nH]3)[nH]n2)cc1. The number of likely N-dealkylation sites (N-methyl/N-ethyl adjacent to an activating group) is 1. The minimum absolute atomic E-state index is 0.406. The number of carbonyl (C=O) groups excluding carboxylic acids is 1. The summed E-state index contributed by atoms with van der Waals surface area (Å²) in [5, 5.41) is 13.0. The summed E-state index contributed by atoms with van der Waals surface area (Å²) >= 11 is 0. The van der Waals surface area contributed by atoms with Crippen LogP contribution in [0.1, 0.15) is 5.56 Å². The minimum atomic E-state index is -0.445. The Kier molecular flexibility index (Phi) is 6.45. The average Bonchev–Trinajstić information content (AvgIpc) is 3.59. The molecule has 2 amide bonds. The van der Waals surface area contributed by atoms with Gasteiger partial charge in [-0.25, -0.2) is 14.2 Å². The molecule has 0 saturated carbocycles. The lowest BCUT2D eigenvalue weighted by molar-refractivity contribution is 0.262. The second-order valence-corrected chi connectivity index (χ2v) is 9.86. The Bertz CT molecular complexity index is 1630. The number of piperazine rings is 1. The third-order valence-electron chi connectivity index (χ3n) is 7.05. The van der Waals surface area contributed by atoms with Gasteiger partial charge in [0, 0.05) is 48.8 Å². The maximum Gasteiger partial charge on any atom is 0.323 e. The number of hydrogen-bond acceptors (Lipinski definition) is 5. The number of carbonyl (C=O) groups is 1. The molecule has 6 rings (SSSR count). The average molecular weight is 525 g/mol. The highest BCUT2D eigenvalue weighted by molar-refractivity contribution is 6.00. The number of rotatable bonds is 5. The molecule has 0 bridgehead atoms. The highest BCUT2D eigenvalue weighted by Crippen LogP contribution is 2.27. The number of aromatic amines is 2. The van der Waals surface area contributed by atoms with Gasteiger partial charge in [0.25, 0.3) is 0 Å². The van der Waals surface area contributed by atoms with Crippen LogP contribution in [0.4, 0.5) is 26.2 Å². The molecule has 5 aromatic rings. The summed E-state index contributed by atoms with van der Waals surface area (Å²) in [6, 6.07) is 19.5. The zero-order chi connectivity index (χ0) is 26.9. The predicted octanol–water partition coefficient (Wildman–Crippen LogP) is 5.46. The number of H-pyrrole nitrogens is 2. The number of anilines is 3. The third-order valence-corrected chi connectivity index (χ3v) is 7.05. The molecule has 1 fully saturated rings. The standard InChI is InChI=1S/C29H29FN8O/c1-18-3-6-20(30)15-24(18)34-29(39)31-21-7-4-19(5-8-21)25-17-27(36-35-25)28-32-23-10-9-22(16-26(23)33-28)38-13-11-37(2)12-14-38/h3-10,15-17H,11-14H2,1-2H3,(H,32,33)(H,35,36)(H2,31,34,39). The summed E-state index contributed by atoms with van der Waals surface area (Å²) in [6.45, 7) is 5.94. The maximum atomic E-state index is 13.5. The molecule has 0 radical (unpaired) electrons. The predicted molar refractivity (Wildman–Crippen MR) is 153 cm³/mol. The van der Waals surface area contributed by atoms with Gasteiger partial charge in [-0.3, -0.25) is 5.10 Å². The lowest BCUT2D eigenvalue weighted by Gasteiger charge is -2.34. The Morgan fingerprint density at radius 1 is 0.949 bits per heavy atom. The van der Waals surface area contributed by atoms with Crippen LogP contribution in [0.5, 0.6) is 0 Å². The molecule has 3 aromatic carbocycles. The van der Waals surface area contributed by atoms with Gasteiger partial charge in [0.1, 0.15) is 11.5 Å². The van der Waals surface area contributed by atoms with E-state index in [1.807, 2.05) is 18.2 Å². The second kappa shape index (κ2) is 10.2. The van der Waals surface area contributed by atoms with Crippen molar-refractivity contribution in [1.82, 2.24) is 25.1 Å². The molecule has 0 unspecified atom stereocenters. The van der Waals surface area contributed by atoms with Gasteiger partial charge in [-0.2, -0.15) is 5.10 Å². The summed E-state index contributed by atoms with van der Waals surface area (Å²) < 4.78 is 13.5. The fourth-order valence-corrected chi connectivity index (χ4v) is 4.72. The van der Waals surface area contributed by atoms with Crippen molar-refractivity contribution in [2.75, 3.05) is 48.8 Å². The van der Waals surface area contributed by atoms with Crippen LogP contribution in [0.25, 0.3) is 33.8 Å². The van der Waals surface area contributed by atoms with E-state index in [0.29, 0.717) is 11.4 Å². The van der Waals surface area contributed by atoms with Gasteiger partial charge in [-0.1, -0.05) is 18.2 Å². The molecule has 1 saturated heterocycles. The van der Waals surface area contributed by atoms with Crippen LogP contribution in [0.15, 0.2) is 66.7 Å². The first-order chi connectivity index (χ1) is 18.9. The third kappa shape index (κ3) is 5.32. The van der Waals surface area contributed by atoms with Gasteiger partial charge in [-0.05, 0) is 68.1 Å². The molecule has 4 N–H and O–H groups in total. The lowest BCUT2D eigenvalue weighted by atomic mass is 10.1. The number of amides is 2. The number of urea groups is 1. The quantitative estimate of drug-likeness (QED) is 0.244. The fraction of sp³-hybridized carbons (Fsp3) is 0.207. The van der Waals surface area contributed by atoms with Gasteiger partial charge in [0.15, 0.2) is 5.82 Å². The van der Waals surface area contributed by atoms with Crippen LogP contribution in [0.2, 0.25) is 0 Å². The van der Waals surface area contributed by atoms with Crippen molar-refractivity contribution in [2.45, 2.75) is 6.92 Å². The highest BCUT2D eigenvalue weighted by Gasteiger charge is 2.16.